The summed E-state index contributed by atoms with van der Waals surface area (Å²) in [5.74, 6) is -0.186. The molecule has 0 aliphatic carbocycles. The average Bonchev–Trinajstić information content (AvgIpc) is 2.71. The Morgan fingerprint density at radius 1 is 1.28 bits per heavy atom. The van der Waals surface area contributed by atoms with Crippen LogP contribution in [0.3, 0.4) is 0 Å². The summed E-state index contributed by atoms with van der Waals surface area (Å²) in [5, 5.41) is 2.89. The smallest absolute Gasteiger partial charge is 0.406 e. The minimum Gasteiger partial charge on any atom is -0.406 e. The zero-order valence-corrected chi connectivity index (χ0v) is 13.8. The van der Waals surface area contributed by atoms with Gasteiger partial charge in [-0.1, -0.05) is 12.1 Å². The topological polar surface area (TPSA) is 50.8 Å². The van der Waals surface area contributed by atoms with Crippen LogP contribution in [0.1, 0.15) is 24.8 Å². The number of carbonyl (C=O) groups excluding carboxylic acids is 1. The monoisotopic (exact) mass is 358 g/mol. The Labute approximate surface area is 144 Å². The quantitative estimate of drug-likeness (QED) is 0.902. The van der Waals surface area contributed by atoms with Gasteiger partial charge in [0.2, 0.25) is 5.91 Å². The van der Waals surface area contributed by atoms with Gasteiger partial charge in [0.05, 0.1) is 12.2 Å². The maximum Gasteiger partial charge on any atom is 0.573 e. The van der Waals surface area contributed by atoms with Crippen LogP contribution in [0.25, 0.3) is 0 Å². The number of rotatable bonds is 3. The van der Waals surface area contributed by atoms with Crippen LogP contribution in [-0.2, 0) is 16.1 Å². The van der Waals surface area contributed by atoms with Crippen LogP contribution >= 0.6 is 0 Å². The van der Waals surface area contributed by atoms with Crippen LogP contribution in [-0.4, -0.2) is 49.0 Å². The second kappa shape index (κ2) is 7.21. The number of benzene rings is 1. The first-order valence-corrected chi connectivity index (χ1v) is 8.31. The van der Waals surface area contributed by atoms with Gasteiger partial charge in [0, 0.05) is 32.6 Å². The Hall–Kier alpha value is -1.80. The summed E-state index contributed by atoms with van der Waals surface area (Å²) < 4.78 is 46.8. The number of ether oxygens (including phenoxy) is 2. The number of alkyl halides is 3. The molecule has 2 aliphatic rings. The Morgan fingerprint density at radius 3 is 2.76 bits per heavy atom. The summed E-state index contributed by atoms with van der Waals surface area (Å²) in [6.07, 6.45) is -2.73. The van der Waals surface area contributed by atoms with Crippen molar-refractivity contribution in [2.24, 2.45) is 0 Å². The molecule has 2 fully saturated rings. The predicted molar refractivity (Wildman–Crippen MR) is 83.9 cm³/mol. The molecule has 1 amide bonds. The molecule has 0 aromatic heterocycles. The van der Waals surface area contributed by atoms with Gasteiger partial charge in [-0.25, -0.2) is 0 Å². The van der Waals surface area contributed by atoms with Crippen molar-refractivity contribution in [1.29, 1.82) is 0 Å². The van der Waals surface area contributed by atoms with Crippen molar-refractivity contribution < 1.29 is 27.4 Å². The largest absolute Gasteiger partial charge is 0.573 e. The molecule has 0 atom stereocenters. The van der Waals surface area contributed by atoms with Gasteiger partial charge in [0.15, 0.2) is 0 Å². The summed E-state index contributed by atoms with van der Waals surface area (Å²) in [6, 6.07) is 6.06. The van der Waals surface area contributed by atoms with Crippen LogP contribution in [0.4, 0.5) is 13.2 Å². The second-order valence-electron chi connectivity index (χ2n) is 6.53. The van der Waals surface area contributed by atoms with E-state index in [1.807, 2.05) is 0 Å². The average molecular weight is 358 g/mol. The fourth-order valence-corrected chi connectivity index (χ4v) is 3.30. The standard InChI is InChI=1S/C17H21F3N2O3/c18-17(19,20)25-14-3-1-2-13(10-14)11-22-7-5-16(6-8-22)12-21-15(23)4-9-24-16/h1-3,10H,4-9,11-12H2,(H,21,23). The zero-order chi connectivity index (χ0) is 17.9. The fourth-order valence-electron chi connectivity index (χ4n) is 3.30. The van der Waals surface area contributed by atoms with E-state index < -0.39 is 6.36 Å². The van der Waals surface area contributed by atoms with Gasteiger partial charge in [0.1, 0.15) is 5.75 Å². The molecule has 1 spiro atoms. The number of halogens is 3. The highest BCUT2D eigenvalue weighted by Crippen LogP contribution is 2.29. The molecule has 1 N–H and O–H groups in total. The van der Waals surface area contributed by atoms with Gasteiger partial charge in [-0.2, -0.15) is 0 Å². The third kappa shape index (κ3) is 5.09. The number of nitrogens with one attached hydrogen (secondary N) is 1. The maximum absolute atomic E-state index is 12.3. The highest BCUT2D eigenvalue weighted by Gasteiger charge is 2.37. The summed E-state index contributed by atoms with van der Waals surface area (Å²) >= 11 is 0. The van der Waals surface area contributed by atoms with Crippen molar-refractivity contribution >= 4 is 5.91 Å². The molecule has 3 rings (SSSR count). The van der Waals surface area contributed by atoms with Crippen molar-refractivity contribution in [3.05, 3.63) is 29.8 Å². The first kappa shape index (κ1) is 18.0. The number of carbonyl (C=O) groups is 1. The highest BCUT2D eigenvalue weighted by atomic mass is 19.4. The number of likely N-dealkylation sites (tertiary alicyclic amines) is 1. The highest BCUT2D eigenvalue weighted by molar-refractivity contribution is 5.76. The molecule has 1 aromatic rings. The summed E-state index contributed by atoms with van der Waals surface area (Å²) in [7, 11) is 0. The van der Waals surface area contributed by atoms with E-state index in [2.05, 4.69) is 15.0 Å². The van der Waals surface area contributed by atoms with Gasteiger partial charge in [0.25, 0.3) is 0 Å². The van der Waals surface area contributed by atoms with E-state index in [9.17, 15) is 18.0 Å². The van der Waals surface area contributed by atoms with Gasteiger partial charge in [-0.05, 0) is 30.5 Å². The first-order valence-electron chi connectivity index (χ1n) is 8.31. The van der Waals surface area contributed by atoms with Crippen LogP contribution < -0.4 is 10.1 Å². The molecule has 2 saturated heterocycles. The van der Waals surface area contributed by atoms with Crippen LogP contribution in [0.2, 0.25) is 0 Å². The molecular weight excluding hydrogens is 337 g/mol. The molecule has 0 bridgehead atoms. The number of amides is 1. The fraction of sp³-hybridized carbons (Fsp3) is 0.588. The molecule has 8 heteroatoms. The lowest BCUT2D eigenvalue weighted by molar-refractivity contribution is -0.274. The summed E-state index contributed by atoms with van der Waals surface area (Å²) in [5.41, 5.74) is 0.456. The van der Waals surface area contributed by atoms with Crippen LogP contribution in [0.15, 0.2) is 24.3 Å². The molecule has 2 aliphatic heterocycles. The number of hydrogen-bond donors (Lipinski definition) is 1. The van der Waals surface area contributed by atoms with E-state index in [1.54, 1.807) is 12.1 Å². The van der Waals surface area contributed by atoms with Crippen molar-refractivity contribution in [1.82, 2.24) is 10.2 Å². The first-order chi connectivity index (χ1) is 11.8. The Kier molecular flexibility index (Phi) is 5.19. The van der Waals surface area contributed by atoms with Crippen LogP contribution in [0, 0.1) is 0 Å². The Morgan fingerprint density at radius 2 is 2.04 bits per heavy atom. The lowest BCUT2D eigenvalue weighted by atomic mass is 9.90. The van der Waals surface area contributed by atoms with E-state index in [-0.39, 0.29) is 17.3 Å². The van der Waals surface area contributed by atoms with Crippen molar-refractivity contribution in [2.45, 2.75) is 37.8 Å². The lowest BCUT2D eigenvalue weighted by Crippen LogP contribution is -2.50. The second-order valence-corrected chi connectivity index (χ2v) is 6.53. The van der Waals surface area contributed by atoms with Gasteiger partial charge in [-0.3, -0.25) is 9.69 Å². The van der Waals surface area contributed by atoms with Crippen LogP contribution in [0.5, 0.6) is 5.75 Å². The number of piperidine rings is 1. The minimum atomic E-state index is -4.68. The molecule has 0 saturated carbocycles. The minimum absolute atomic E-state index is 0.0146. The third-order valence-electron chi connectivity index (χ3n) is 4.65. The summed E-state index contributed by atoms with van der Waals surface area (Å²) in [6.45, 7) is 3.04. The normalized spacial score (nSPS) is 21.6. The third-order valence-corrected chi connectivity index (χ3v) is 4.65. The summed E-state index contributed by atoms with van der Waals surface area (Å²) in [4.78, 5) is 13.6. The van der Waals surface area contributed by atoms with Crippen molar-refractivity contribution in [3.63, 3.8) is 0 Å². The predicted octanol–water partition coefficient (Wildman–Crippen LogP) is 2.46. The van der Waals surface area contributed by atoms with Gasteiger partial charge >= 0.3 is 6.36 Å². The molecule has 25 heavy (non-hydrogen) atoms. The SMILES string of the molecule is O=C1CCOC2(CCN(Cc3cccc(OC(F)(F)F)c3)CC2)CN1. The molecule has 0 radical (unpaired) electrons. The Balaban J connectivity index is 1.55. The van der Waals surface area contributed by atoms with Crippen molar-refractivity contribution in [2.75, 3.05) is 26.2 Å². The number of hydrogen-bond acceptors (Lipinski definition) is 4. The lowest BCUT2D eigenvalue weighted by Gasteiger charge is -2.40. The zero-order valence-electron chi connectivity index (χ0n) is 13.8. The molecule has 138 valence electrons. The van der Waals surface area contributed by atoms with Crippen molar-refractivity contribution in [3.8, 4) is 5.75 Å². The van der Waals surface area contributed by atoms with Gasteiger partial charge < -0.3 is 14.8 Å². The Bertz CT molecular complexity index is 613. The van der Waals surface area contributed by atoms with E-state index in [4.69, 9.17) is 4.74 Å². The molecule has 1 aromatic carbocycles. The van der Waals surface area contributed by atoms with E-state index in [0.29, 0.717) is 26.1 Å². The van der Waals surface area contributed by atoms with E-state index in [1.165, 1.54) is 12.1 Å². The molecule has 5 nitrogen and oxygen atoms in total. The van der Waals surface area contributed by atoms with E-state index in [0.717, 1.165) is 31.5 Å². The van der Waals surface area contributed by atoms with E-state index >= 15 is 0 Å². The molecule has 0 unspecified atom stereocenters. The molecule has 2 heterocycles. The number of nitrogens with zero attached hydrogens (tertiary/aromatic N) is 1. The van der Waals surface area contributed by atoms with Gasteiger partial charge in [-0.15, -0.1) is 13.2 Å². The molecular formula is C17H21F3N2O3. The maximum atomic E-state index is 12.3.